The molecule has 0 unspecified atom stereocenters. The predicted molar refractivity (Wildman–Crippen MR) is 162 cm³/mol. The number of amides is 1. The number of imidazole rings is 2. The number of fused-ring (bicyclic) bond motifs is 4. The Hall–Kier alpha value is -2.26. The monoisotopic (exact) mass is 737 g/mol. The van der Waals surface area contributed by atoms with Crippen LogP contribution in [0, 0.1) is 11.7 Å². The number of likely N-dealkylation sites (tertiary alicyclic amines) is 1. The van der Waals surface area contributed by atoms with Gasteiger partial charge in [0.25, 0.3) is 5.91 Å². The topological polar surface area (TPSA) is 86.4 Å². The number of carbonyl (C=O) groups excluding carboxylic acids is 1. The quantitative estimate of drug-likeness (QED) is 0.158. The first-order chi connectivity index (χ1) is 18.1. The zero-order valence-corrected chi connectivity index (χ0v) is 25.2. The normalized spacial score (nSPS) is 23.9. The fourth-order valence-corrected chi connectivity index (χ4v) is 7.97. The largest absolute Gasteiger partial charge is 0.335 e. The van der Waals surface area contributed by atoms with E-state index < -0.39 is 11.4 Å². The SMILES string of the molecule is Cn1c(-c2cc3ccn4ccnc4c3n2CC2CC2)nc2cc(C(=O)N3C[C@@H](I)[C@](C)(N)[C@H]3I)cc(F)c21. The third-order valence-electron chi connectivity index (χ3n) is 8.04. The Morgan fingerprint density at radius 2 is 2.00 bits per heavy atom. The standard InChI is InChI=1S/C27H26FI2N7O/c1-27(31)20(29)13-37(26(27)30)25(38)16-9-17(28)22-18(10-16)33-23(34(22)2)19-11-15-5-7-35-8-6-32-24(35)21(15)36(19)12-14-3-4-14/h5-11,14,20,26H,3-4,12-13,31H2,1-2H3/t20-,26+,27+/m1/s1. The number of halogens is 3. The van der Waals surface area contributed by atoms with E-state index in [1.807, 2.05) is 30.8 Å². The summed E-state index contributed by atoms with van der Waals surface area (Å²) >= 11 is 4.52. The maximum absolute atomic E-state index is 15.6. The average Bonchev–Trinajstić information content (AvgIpc) is 3.20. The molecule has 38 heavy (non-hydrogen) atoms. The molecule has 1 saturated heterocycles. The van der Waals surface area contributed by atoms with Crippen molar-refractivity contribution in [3.63, 3.8) is 0 Å². The van der Waals surface area contributed by atoms with Gasteiger partial charge in [0.1, 0.15) is 15.4 Å². The van der Waals surface area contributed by atoms with E-state index >= 15 is 4.39 Å². The average molecular weight is 737 g/mol. The van der Waals surface area contributed by atoms with Gasteiger partial charge in [-0.15, -0.1) is 0 Å². The van der Waals surface area contributed by atoms with Gasteiger partial charge < -0.3 is 24.2 Å². The minimum absolute atomic E-state index is 0.107. The van der Waals surface area contributed by atoms with Crippen molar-refractivity contribution in [1.29, 1.82) is 0 Å². The fraction of sp³-hybridized carbons (Fsp3) is 0.370. The highest BCUT2D eigenvalue weighted by Gasteiger charge is 2.48. The zero-order valence-electron chi connectivity index (χ0n) is 20.9. The molecule has 5 aromatic rings. The summed E-state index contributed by atoms with van der Waals surface area (Å²) in [5, 5.41) is 1.07. The van der Waals surface area contributed by atoms with Gasteiger partial charge in [-0.1, -0.05) is 45.2 Å². The van der Waals surface area contributed by atoms with Crippen molar-refractivity contribution in [3.8, 4) is 11.5 Å². The molecule has 2 N–H and O–H groups in total. The lowest BCUT2D eigenvalue weighted by Gasteiger charge is -2.28. The Labute approximate surface area is 245 Å². The van der Waals surface area contributed by atoms with E-state index in [2.05, 4.69) is 66.9 Å². The summed E-state index contributed by atoms with van der Waals surface area (Å²) in [4.78, 5) is 24.8. The lowest BCUT2D eigenvalue weighted by molar-refractivity contribution is 0.0776. The number of nitrogens with two attached hydrogens (primary N) is 1. The molecule has 11 heteroatoms. The second kappa shape index (κ2) is 8.62. The Morgan fingerprint density at radius 3 is 2.71 bits per heavy atom. The van der Waals surface area contributed by atoms with Crippen LogP contribution in [-0.4, -0.2) is 54.4 Å². The van der Waals surface area contributed by atoms with Gasteiger partial charge in [-0.05, 0) is 49.9 Å². The smallest absolute Gasteiger partial charge is 0.254 e. The number of benzene rings is 1. The van der Waals surface area contributed by atoms with Gasteiger partial charge in [0.15, 0.2) is 11.5 Å². The number of pyridine rings is 1. The Morgan fingerprint density at radius 1 is 1.21 bits per heavy atom. The summed E-state index contributed by atoms with van der Waals surface area (Å²) in [5.41, 5.74) is 9.98. The van der Waals surface area contributed by atoms with E-state index in [1.165, 1.54) is 18.9 Å². The van der Waals surface area contributed by atoms with Crippen LogP contribution in [0.3, 0.4) is 0 Å². The predicted octanol–water partition coefficient (Wildman–Crippen LogP) is 5.13. The highest BCUT2D eigenvalue weighted by Crippen LogP contribution is 2.39. The molecule has 1 amide bonds. The maximum atomic E-state index is 15.6. The second-order valence-corrected chi connectivity index (χ2v) is 13.5. The molecule has 1 aromatic carbocycles. The molecule has 2 fully saturated rings. The van der Waals surface area contributed by atoms with E-state index in [0.29, 0.717) is 34.9 Å². The van der Waals surface area contributed by atoms with Gasteiger partial charge in [0, 0.05) is 53.6 Å². The van der Waals surface area contributed by atoms with Crippen LogP contribution in [-0.2, 0) is 13.6 Å². The molecule has 7 rings (SSSR count). The summed E-state index contributed by atoms with van der Waals surface area (Å²) < 4.78 is 21.6. The first-order valence-electron chi connectivity index (χ1n) is 12.6. The van der Waals surface area contributed by atoms with Crippen molar-refractivity contribution >= 4 is 78.7 Å². The van der Waals surface area contributed by atoms with Crippen LogP contribution in [0.25, 0.3) is 39.1 Å². The fourth-order valence-electron chi connectivity index (χ4n) is 5.61. The Bertz CT molecular complexity index is 1770. The molecule has 1 saturated carbocycles. The van der Waals surface area contributed by atoms with Crippen LogP contribution in [0.2, 0.25) is 0 Å². The highest BCUT2D eigenvalue weighted by atomic mass is 127. The molecule has 196 valence electrons. The Kier molecular flexibility index (Phi) is 5.62. The van der Waals surface area contributed by atoms with Crippen LogP contribution in [0.4, 0.5) is 4.39 Å². The summed E-state index contributed by atoms with van der Waals surface area (Å²) in [6.07, 6.45) is 8.16. The van der Waals surface area contributed by atoms with Crippen LogP contribution in [0.15, 0.2) is 42.9 Å². The van der Waals surface area contributed by atoms with Crippen LogP contribution >= 0.6 is 45.2 Å². The molecule has 0 radical (unpaired) electrons. The number of hydrogen-bond acceptors (Lipinski definition) is 4. The maximum Gasteiger partial charge on any atom is 0.254 e. The van der Waals surface area contributed by atoms with Crippen LogP contribution in [0.1, 0.15) is 30.1 Å². The summed E-state index contributed by atoms with van der Waals surface area (Å²) in [5.74, 6) is 0.600. The minimum atomic E-state index is -0.521. The summed E-state index contributed by atoms with van der Waals surface area (Å²) in [6, 6.07) is 7.24. The Balaban J connectivity index is 1.37. The van der Waals surface area contributed by atoms with Gasteiger partial charge >= 0.3 is 0 Å². The van der Waals surface area contributed by atoms with E-state index in [0.717, 1.165) is 28.8 Å². The summed E-state index contributed by atoms with van der Waals surface area (Å²) in [6.45, 7) is 3.35. The first-order valence-corrected chi connectivity index (χ1v) is 15.1. The van der Waals surface area contributed by atoms with Crippen LogP contribution < -0.4 is 5.73 Å². The molecule has 5 heterocycles. The van der Waals surface area contributed by atoms with Gasteiger partial charge in [-0.25, -0.2) is 14.4 Å². The lowest BCUT2D eigenvalue weighted by atomic mass is 10.0. The lowest BCUT2D eigenvalue weighted by Crippen LogP contribution is -2.50. The summed E-state index contributed by atoms with van der Waals surface area (Å²) in [7, 11) is 1.83. The van der Waals surface area contributed by atoms with Crippen LogP contribution in [0.5, 0.6) is 0 Å². The molecule has 3 atom stereocenters. The highest BCUT2D eigenvalue weighted by molar-refractivity contribution is 14.1. The zero-order chi connectivity index (χ0) is 26.5. The van der Waals surface area contributed by atoms with Crippen molar-refractivity contribution in [1.82, 2.24) is 28.4 Å². The minimum Gasteiger partial charge on any atom is -0.335 e. The molecule has 8 nitrogen and oxygen atoms in total. The second-order valence-electron chi connectivity index (χ2n) is 10.8. The van der Waals surface area contributed by atoms with Crippen molar-refractivity contribution < 1.29 is 9.18 Å². The van der Waals surface area contributed by atoms with Crippen molar-refractivity contribution in [2.75, 3.05) is 6.54 Å². The van der Waals surface area contributed by atoms with E-state index in [9.17, 15) is 4.79 Å². The molecule has 1 aliphatic carbocycles. The molecular weight excluding hydrogens is 711 g/mol. The third-order valence-corrected chi connectivity index (χ3v) is 11.8. The molecule has 2 aliphatic rings. The van der Waals surface area contributed by atoms with Crippen molar-refractivity contribution in [2.24, 2.45) is 18.7 Å². The molecule has 0 bridgehead atoms. The van der Waals surface area contributed by atoms with Crippen molar-refractivity contribution in [3.05, 3.63) is 54.2 Å². The number of hydrogen-bond donors (Lipinski definition) is 1. The van der Waals surface area contributed by atoms with Crippen molar-refractivity contribution in [2.45, 2.75) is 39.8 Å². The van der Waals surface area contributed by atoms with E-state index in [1.54, 1.807) is 21.7 Å². The number of rotatable bonds is 4. The number of aromatic nitrogens is 5. The van der Waals surface area contributed by atoms with E-state index in [-0.39, 0.29) is 13.9 Å². The third kappa shape index (κ3) is 3.64. The van der Waals surface area contributed by atoms with E-state index in [4.69, 9.17) is 10.7 Å². The van der Waals surface area contributed by atoms with Gasteiger partial charge in [0.05, 0.1) is 22.3 Å². The molecular formula is C27H26FI2N7O. The number of nitrogens with zero attached hydrogens (tertiary/aromatic N) is 6. The first kappa shape index (κ1) is 24.8. The molecule has 0 spiro atoms. The van der Waals surface area contributed by atoms with Gasteiger partial charge in [0.2, 0.25) is 0 Å². The van der Waals surface area contributed by atoms with Gasteiger partial charge in [-0.3, -0.25) is 4.79 Å². The molecule has 4 aromatic heterocycles. The molecule has 1 aliphatic heterocycles. The number of aryl methyl sites for hydroxylation is 1. The number of carbonyl (C=O) groups is 1. The van der Waals surface area contributed by atoms with Gasteiger partial charge in [-0.2, -0.15) is 0 Å². The number of alkyl halides is 2.